The number of aromatic nitrogens is 4. The molecule has 18 heavy (non-hydrogen) atoms. The van der Waals surface area contributed by atoms with Gasteiger partial charge in [0.1, 0.15) is 10.4 Å². The minimum Gasteiger partial charge on any atom is -0.364 e. The van der Waals surface area contributed by atoms with Crippen LogP contribution >= 0.6 is 15.9 Å². The lowest BCUT2D eigenvalue weighted by molar-refractivity contribution is 0.907. The number of anilines is 1. The molecule has 0 aliphatic carbocycles. The van der Waals surface area contributed by atoms with Crippen LogP contribution in [0.3, 0.4) is 0 Å². The number of hydrogen-bond donors (Lipinski definition) is 1. The zero-order valence-corrected chi connectivity index (χ0v) is 11.0. The van der Waals surface area contributed by atoms with E-state index in [1.54, 1.807) is 16.9 Å². The average molecular weight is 304 g/mol. The zero-order chi connectivity index (χ0) is 12.4. The summed E-state index contributed by atoms with van der Waals surface area (Å²) in [5, 5.41) is 7.68. The van der Waals surface area contributed by atoms with E-state index < -0.39 is 0 Å². The fraction of sp³-hybridized carbons (Fsp3) is 0.0833. The van der Waals surface area contributed by atoms with Crippen molar-refractivity contribution in [3.05, 3.63) is 53.0 Å². The Balaban J connectivity index is 1.80. The Morgan fingerprint density at radius 1 is 1.22 bits per heavy atom. The van der Waals surface area contributed by atoms with E-state index in [-0.39, 0.29) is 0 Å². The summed E-state index contributed by atoms with van der Waals surface area (Å²) in [6.07, 6.45) is 5.32. The van der Waals surface area contributed by atoms with Gasteiger partial charge in [0.2, 0.25) is 0 Å². The molecule has 0 amide bonds. The monoisotopic (exact) mass is 303 g/mol. The summed E-state index contributed by atoms with van der Waals surface area (Å²) in [5.74, 6) is 0.796. The third kappa shape index (κ3) is 2.19. The number of pyridine rings is 1. The van der Waals surface area contributed by atoms with E-state index >= 15 is 0 Å². The zero-order valence-electron chi connectivity index (χ0n) is 9.42. The number of imidazole rings is 1. The van der Waals surface area contributed by atoms with Crippen molar-refractivity contribution in [2.75, 3.05) is 5.32 Å². The third-order valence-corrected chi connectivity index (χ3v) is 3.06. The van der Waals surface area contributed by atoms with Gasteiger partial charge in [-0.15, -0.1) is 5.10 Å². The van der Waals surface area contributed by atoms with Crippen molar-refractivity contribution in [1.82, 2.24) is 19.6 Å². The van der Waals surface area contributed by atoms with Crippen LogP contribution < -0.4 is 5.32 Å². The Morgan fingerprint density at radius 3 is 3.00 bits per heavy atom. The Bertz CT molecular complexity index is 665. The lowest BCUT2D eigenvalue weighted by Gasteiger charge is -2.05. The standard InChI is InChI=1S/C12H10BrN5/c13-10-8-16-12-4-3-11(17-18(10)12)15-7-9-2-1-5-14-6-9/h1-6,8H,7H2,(H,15,17). The van der Waals surface area contributed by atoms with Gasteiger partial charge in [0, 0.05) is 18.9 Å². The number of rotatable bonds is 3. The first-order valence-corrected chi connectivity index (χ1v) is 6.25. The molecule has 3 heterocycles. The maximum Gasteiger partial charge on any atom is 0.154 e. The van der Waals surface area contributed by atoms with E-state index in [4.69, 9.17) is 0 Å². The summed E-state index contributed by atoms with van der Waals surface area (Å²) < 4.78 is 2.58. The first-order valence-electron chi connectivity index (χ1n) is 5.46. The van der Waals surface area contributed by atoms with Crippen molar-refractivity contribution >= 4 is 27.4 Å². The first-order chi connectivity index (χ1) is 8.83. The number of hydrogen-bond acceptors (Lipinski definition) is 4. The minimum absolute atomic E-state index is 0.693. The van der Waals surface area contributed by atoms with E-state index in [0.29, 0.717) is 6.54 Å². The lowest BCUT2D eigenvalue weighted by atomic mass is 10.3. The molecule has 5 nitrogen and oxygen atoms in total. The summed E-state index contributed by atoms with van der Waals surface area (Å²) in [6, 6.07) is 7.76. The van der Waals surface area contributed by atoms with Crippen molar-refractivity contribution in [2.24, 2.45) is 0 Å². The summed E-state index contributed by atoms with van der Waals surface area (Å²) in [6.45, 7) is 0.693. The van der Waals surface area contributed by atoms with Crippen molar-refractivity contribution in [3.63, 3.8) is 0 Å². The van der Waals surface area contributed by atoms with Crippen LogP contribution in [0.15, 0.2) is 47.5 Å². The second kappa shape index (κ2) is 4.73. The highest BCUT2D eigenvalue weighted by Crippen LogP contribution is 2.13. The van der Waals surface area contributed by atoms with Crippen molar-refractivity contribution in [2.45, 2.75) is 6.54 Å². The highest BCUT2D eigenvalue weighted by atomic mass is 79.9. The molecular formula is C12H10BrN5. The predicted octanol–water partition coefficient (Wildman–Crippen LogP) is 2.50. The molecule has 0 bridgehead atoms. The van der Waals surface area contributed by atoms with E-state index in [0.717, 1.165) is 21.6 Å². The van der Waals surface area contributed by atoms with Crippen LogP contribution in [-0.4, -0.2) is 19.6 Å². The molecule has 3 aromatic rings. The van der Waals surface area contributed by atoms with Crippen LogP contribution in [0.4, 0.5) is 5.82 Å². The molecule has 0 aliphatic heterocycles. The molecule has 0 saturated carbocycles. The van der Waals surface area contributed by atoms with Crippen molar-refractivity contribution in [1.29, 1.82) is 0 Å². The second-order valence-electron chi connectivity index (χ2n) is 3.78. The molecule has 0 saturated heterocycles. The summed E-state index contributed by atoms with van der Waals surface area (Å²) in [4.78, 5) is 8.26. The Labute approximate surface area is 112 Å². The highest BCUT2D eigenvalue weighted by molar-refractivity contribution is 9.10. The van der Waals surface area contributed by atoms with Crippen LogP contribution in [-0.2, 0) is 6.54 Å². The molecule has 6 heteroatoms. The smallest absolute Gasteiger partial charge is 0.154 e. The van der Waals surface area contributed by atoms with Crippen LogP contribution in [0, 0.1) is 0 Å². The molecule has 90 valence electrons. The van der Waals surface area contributed by atoms with Gasteiger partial charge in [0.05, 0.1) is 6.20 Å². The Hall–Kier alpha value is -1.95. The molecule has 0 radical (unpaired) electrons. The van der Waals surface area contributed by atoms with Gasteiger partial charge in [-0.05, 0) is 39.7 Å². The topological polar surface area (TPSA) is 55.1 Å². The molecule has 0 atom stereocenters. The van der Waals surface area contributed by atoms with Crippen LogP contribution in [0.1, 0.15) is 5.56 Å². The van der Waals surface area contributed by atoms with Crippen molar-refractivity contribution in [3.8, 4) is 0 Å². The van der Waals surface area contributed by atoms with E-state index in [1.807, 2.05) is 30.5 Å². The van der Waals surface area contributed by atoms with Gasteiger partial charge in [-0.25, -0.2) is 9.50 Å². The number of nitrogens with zero attached hydrogens (tertiary/aromatic N) is 4. The van der Waals surface area contributed by atoms with Gasteiger partial charge >= 0.3 is 0 Å². The maximum atomic E-state index is 4.43. The average Bonchev–Trinajstić information content (AvgIpc) is 2.79. The van der Waals surface area contributed by atoms with Gasteiger partial charge in [0.15, 0.2) is 5.65 Å². The minimum atomic E-state index is 0.693. The molecule has 0 spiro atoms. The molecule has 0 aliphatic rings. The Kier molecular flexibility index (Phi) is 2.93. The summed E-state index contributed by atoms with van der Waals surface area (Å²) in [7, 11) is 0. The van der Waals surface area contributed by atoms with Gasteiger partial charge in [-0.1, -0.05) is 6.07 Å². The number of nitrogens with one attached hydrogen (secondary N) is 1. The van der Waals surface area contributed by atoms with E-state index in [2.05, 4.69) is 36.3 Å². The number of halogens is 1. The number of fused-ring (bicyclic) bond motifs is 1. The summed E-state index contributed by atoms with van der Waals surface area (Å²) in [5.41, 5.74) is 1.93. The van der Waals surface area contributed by atoms with Crippen molar-refractivity contribution < 1.29 is 0 Å². The maximum absolute atomic E-state index is 4.43. The van der Waals surface area contributed by atoms with E-state index in [1.165, 1.54) is 0 Å². The fourth-order valence-electron chi connectivity index (χ4n) is 1.63. The largest absolute Gasteiger partial charge is 0.364 e. The van der Waals surface area contributed by atoms with Gasteiger partial charge in [0.25, 0.3) is 0 Å². The first kappa shape index (κ1) is 11.2. The molecule has 0 fully saturated rings. The molecule has 0 unspecified atom stereocenters. The van der Waals surface area contributed by atoms with E-state index in [9.17, 15) is 0 Å². The Morgan fingerprint density at radius 2 is 2.17 bits per heavy atom. The SMILES string of the molecule is Brc1cnc2ccc(NCc3cccnc3)nn12. The van der Waals surface area contributed by atoms with Gasteiger partial charge < -0.3 is 5.32 Å². The molecule has 1 N–H and O–H groups in total. The van der Waals surface area contributed by atoms with Crippen LogP contribution in [0.2, 0.25) is 0 Å². The second-order valence-corrected chi connectivity index (χ2v) is 4.60. The summed E-state index contributed by atoms with van der Waals surface area (Å²) >= 11 is 3.40. The van der Waals surface area contributed by atoms with Gasteiger partial charge in [-0.2, -0.15) is 0 Å². The molecule has 0 aromatic carbocycles. The lowest BCUT2D eigenvalue weighted by Crippen LogP contribution is -2.04. The molecule has 3 rings (SSSR count). The molecular weight excluding hydrogens is 294 g/mol. The predicted molar refractivity (Wildman–Crippen MR) is 72.3 cm³/mol. The van der Waals surface area contributed by atoms with Crippen LogP contribution in [0.25, 0.3) is 5.65 Å². The fourth-order valence-corrected chi connectivity index (χ4v) is 2.00. The molecule has 3 aromatic heterocycles. The normalized spacial score (nSPS) is 10.7. The van der Waals surface area contributed by atoms with Crippen LogP contribution in [0.5, 0.6) is 0 Å². The van der Waals surface area contributed by atoms with Gasteiger partial charge in [-0.3, -0.25) is 4.98 Å². The quantitative estimate of drug-likeness (QED) is 0.808. The highest BCUT2D eigenvalue weighted by Gasteiger charge is 2.02. The third-order valence-electron chi connectivity index (χ3n) is 2.52.